The average molecular weight is 301 g/mol. The van der Waals surface area contributed by atoms with E-state index in [2.05, 4.69) is 5.32 Å². The van der Waals surface area contributed by atoms with Gasteiger partial charge in [-0.25, -0.2) is 4.39 Å². The van der Waals surface area contributed by atoms with Crippen LogP contribution < -0.4 is 5.32 Å². The van der Waals surface area contributed by atoms with Crippen molar-refractivity contribution in [3.63, 3.8) is 0 Å². The smallest absolute Gasteiger partial charge is 0.266 e. The number of benzene rings is 2. The summed E-state index contributed by atoms with van der Waals surface area (Å²) in [6.07, 6.45) is 1.33. The van der Waals surface area contributed by atoms with Crippen LogP contribution in [0, 0.1) is 17.1 Å². The van der Waals surface area contributed by atoms with Gasteiger partial charge in [0.25, 0.3) is 5.91 Å². The lowest BCUT2D eigenvalue weighted by molar-refractivity contribution is -0.112. The van der Waals surface area contributed by atoms with Gasteiger partial charge >= 0.3 is 0 Å². The lowest BCUT2D eigenvalue weighted by Crippen LogP contribution is -2.13. The topological polar surface area (TPSA) is 52.9 Å². The number of nitrogens with zero attached hydrogens (tertiary/aromatic N) is 1. The van der Waals surface area contributed by atoms with Crippen LogP contribution in [0.1, 0.15) is 5.56 Å². The summed E-state index contributed by atoms with van der Waals surface area (Å²) in [5.74, 6) is -0.997. The summed E-state index contributed by atoms with van der Waals surface area (Å²) in [4.78, 5) is 12.0. The molecule has 0 saturated heterocycles. The molecule has 0 fully saturated rings. The molecule has 0 atom stereocenters. The highest BCUT2D eigenvalue weighted by Crippen LogP contribution is 2.15. The molecule has 104 valence electrons. The van der Waals surface area contributed by atoms with E-state index in [-0.39, 0.29) is 5.57 Å². The van der Waals surface area contributed by atoms with Crippen molar-refractivity contribution >= 4 is 29.3 Å². The fourth-order valence-corrected chi connectivity index (χ4v) is 1.77. The molecule has 21 heavy (non-hydrogen) atoms. The minimum atomic E-state index is -0.566. The summed E-state index contributed by atoms with van der Waals surface area (Å²) in [7, 11) is 0. The molecule has 0 aliphatic heterocycles. The van der Waals surface area contributed by atoms with E-state index in [1.54, 1.807) is 36.4 Å². The van der Waals surface area contributed by atoms with Gasteiger partial charge in [0.05, 0.1) is 0 Å². The van der Waals surface area contributed by atoms with Crippen LogP contribution in [0.4, 0.5) is 10.1 Å². The minimum Gasteiger partial charge on any atom is -0.321 e. The highest BCUT2D eigenvalue weighted by atomic mass is 35.5. The second kappa shape index (κ2) is 6.69. The number of carbonyl (C=O) groups is 1. The predicted molar refractivity (Wildman–Crippen MR) is 80.1 cm³/mol. The Kier molecular flexibility index (Phi) is 4.70. The fourth-order valence-electron chi connectivity index (χ4n) is 1.64. The van der Waals surface area contributed by atoms with E-state index in [4.69, 9.17) is 16.9 Å². The summed E-state index contributed by atoms with van der Waals surface area (Å²) in [5.41, 5.74) is 0.846. The Balaban J connectivity index is 2.19. The maximum absolute atomic E-state index is 13.1. The molecule has 0 saturated carbocycles. The fraction of sp³-hybridized carbons (Fsp3) is 0. The van der Waals surface area contributed by atoms with Gasteiger partial charge < -0.3 is 5.32 Å². The molecule has 0 aromatic heterocycles. The largest absolute Gasteiger partial charge is 0.321 e. The third kappa shape index (κ3) is 4.16. The molecule has 5 heteroatoms. The molecule has 0 aliphatic carbocycles. The molecule has 1 N–H and O–H groups in total. The van der Waals surface area contributed by atoms with Gasteiger partial charge in [-0.05, 0) is 48.0 Å². The van der Waals surface area contributed by atoms with E-state index in [0.717, 1.165) is 0 Å². The summed E-state index contributed by atoms with van der Waals surface area (Å²) >= 11 is 5.75. The van der Waals surface area contributed by atoms with Crippen LogP contribution in [0.5, 0.6) is 0 Å². The number of carbonyl (C=O) groups excluding carboxylic acids is 1. The molecule has 2 aromatic rings. The summed E-state index contributed by atoms with van der Waals surface area (Å²) in [6, 6.07) is 13.9. The number of nitrogens with one attached hydrogen (secondary N) is 1. The monoisotopic (exact) mass is 300 g/mol. The molecule has 0 spiro atoms. The van der Waals surface area contributed by atoms with Crippen molar-refractivity contribution in [3.8, 4) is 6.07 Å². The zero-order valence-electron chi connectivity index (χ0n) is 10.8. The zero-order chi connectivity index (χ0) is 15.2. The molecule has 1 amide bonds. The Morgan fingerprint density at radius 2 is 1.95 bits per heavy atom. The van der Waals surface area contributed by atoms with Crippen LogP contribution in [-0.2, 0) is 4.79 Å². The predicted octanol–water partition coefficient (Wildman–Crippen LogP) is 4.02. The van der Waals surface area contributed by atoms with E-state index in [1.807, 2.05) is 0 Å². The first-order valence-corrected chi connectivity index (χ1v) is 6.40. The Morgan fingerprint density at radius 1 is 1.24 bits per heavy atom. The van der Waals surface area contributed by atoms with Crippen molar-refractivity contribution in [2.75, 3.05) is 5.32 Å². The first kappa shape index (κ1) is 14.8. The number of hydrogen-bond acceptors (Lipinski definition) is 2. The molecule has 0 radical (unpaired) electrons. The third-order valence-corrected chi connectivity index (χ3v) is 2.88. The molecule has 0 heterocycles. The van der Waals surface area contributed by atoms with Crippen LogP contribution in [-0.4, -0.2) is 5.91 Å². The summed E-state index contributed by atoms with van der Waals surface area (Å²) in [5, 5.41) is 12.2. The second-order valence-corrected chi connectivity index (χ2v) is 4.62. The van der Waals surface area contributed by atoms with Gasteiger partial charge in [-0.15, -0.1) is 0 Å². The van der Waals surface area contributed by atoms with Crippen molar-refractivity contribution in [1.29, 1.82) is 5.26 Å². The Morgan fingerprint density at radius 3 is 2.57 bits per heavy atom. The number of rotatable bonds is 3. The van der Waals surface area contributed by atoms with E-state index in [9.17, 15) is 9.18 Å². The number of halogens is 2. The Bertz CT molecular complexity index is 733. The normalized spacial score (nSPS) is 10.8. The van der Waals surface area contributed by atoms with Crippen molar-refractivity contribution in [3.05, 3.63) is 70.5 Å². The van der Waals surface area contributed by atoms with Crippen LogP contribution >= 0.6 is 11.6 Å². The van der Waals surface area contributed by atoms with Crippen molar-refractivity contribution in [1.82, 2.24) is 0 Å². The number of hydrogen-bond donors (Lipinski definition) is 1. The average Bonchev–Trinajstić information content (AvgIpc) is 2.47. The maximum atomic E-state index is 13.1. The Hall–Kier alpha value is -2.64. The summed E-state index contributed by atoms with van der Waals surface area (Å²) < 4.78 is 13.1. The summed E-state index contributed by atoms with van der Waals surface area (Å²) in [6.45, 7) is 0. The van der Waals surface area contributed by atoms with E-state index >= 15 is 0 Å². The van der Waals surface area contributed by atoms with Gasteiger partial charge in [0.1, 0.15) is 17.5 Å². The zero-order valence-corrected chi connectivity index (χ0v) is 11.6. The standard InChI is InChI=1S/C16H10ClFN2O/c17-13-4-6-15(7-5-13)20-16(21)12(10-19)8-11-2-1-3-14(18)9-11/h1-9H,(H,20,21)/b12-8+. The first-order valence-electron chi connectivity index (χ1n) is 6.03. The van der Waals surface area contributed by atoms with Crippen molar-refractivity contribution in [2.45, 2.75) is 0 Å². The molecular formula is C16H10ClFN2O. The Labute approximate surface area is 126 Å². The highest BCUT2D eigenvalue weighted by molar-refractivity contribution is 6.30. The third-order valence-electron chi connectivity index (χ3n) is 2.63. The van der Waals surface area contributed by atoms with Crippen molar-refractivity contribution in [2.24, 2.45) is 0 Å². The van der Waals surface area contributed by atoms with Crippen LogP contribution in [0.2, 0.25) is 5.02 Å². The number of anilines is 1. The molecule has 2 aromatic carbocycles. The quantitative estimate of drug-likeness (QED) is 0.687. The molecular weight excluding hydrogens is 291 g/mol. The van der Waals surface area contributed by atoms with Gasteiger partial charge in [-0.3, -0.25) is 4.79 Å². The number of nitriles is 1. The van der Waals surface area contributed by atoms with Gasteiger partial charge in [0.15, 0.2) is 0 Å². The molecule has 3 nitrogen and oxygen atoms in total. The number of amides is 1. The van der Waals surface area contributed by atoms with E-state index in [1.165, 1.54) is 24.3 Å². The minimum absolute atomic E-state index is 0.115. The molecule has 0 aliphatic rings. The first-order chi connectivity index (χ1) is 10.1. The highest BCUT2D eigenvalue weighted by Gasteiger charge is 2.09. The van der Waals surface area contributed by atoms with Gasteiger partial charge in [0.2, 0.25) is 0 Å². The second-order valence-electron chi connectivity index (χ2n) is 4.19. The molecule has 2 rings (SSSR count). The van der Waals surface area contributed by atoms with E-state index in [0.29, 0.717) is 16.3 Å². The lowest BCUT2D eigenvalue weighted by Gasteiger charge is -2.04. The molecule has 0 bridgehead atoms. The van der Waals surface area contributed by atoms with Gasteiger partial charge in [-0.1, -0.05) is 23.7 Å². The molecule has 0 unspecified atom stereocenters. The van der Waals surface area contributed by atoms with Crippen LogP contribution in [0.25, 0.3) is 6.08 Å². The lowest BCUT2D eigenvalue weighted by atomic mass is 10.1. The van der Waals surface area contributed by atoms with Gasteiger partial charge in [-0.2, -0.15) is 5.26 Å². The van der Waals surface area contributed by atoms with Gasteiger partial charge in [0, 0.05) is 10.7 Å². The van der Waals surface area contributed by atoms with Crippen LogP contribution in [0.15, 0.2) is 54.1 Å². The van der Waals surface area contributed by atoms with Crippen molar-refractivity contribution < 1.29 is 9.18 Å². The maximum Gasteiger partial charge on any atom is 0.266 e. The van der Waals surface area contributed by atoms with E-state index < -0.39 is 11.7 Å². The van der Waals surface area contributed by atoms with Crippen LogP contribution in [0.3, 0.4) is 0 Å². The SMILES string of the molecule is N#C/C(=C\c1cccc(F)c1)C(=O)Nc1ccc(Cl)cc1.